The van der Waals surface area contributed by atoms with E-state index in [0.29, 0.717) is 6.54 Å². The number of benzene rings is 1. The molecular formula is C15H20N2O. The lowest BCUT2D eigenvalue weighted by atomic mass is 9.96. The third kappa shape index (κ3) is 3.20. The van der Waals surface area contributed by atoms with Gasteiger partial charge in [0.25, 0.3) is 0 Å². The smallest absolute Gasteiger partial charge is 0.229 e. The van der Waals surface area contributed by atoms with E-state index in [1.165, 1.54) is 0 Å². The van der Waals surface area contributed by atoms with Gasteiger partial charge in [0.15, 0.2) is 0 Å². The Bertz CT molecular complexity index is 414. The summed E-state index contributed by atoms with van der Waals surface area (Å²) in [6.45, 7) is 0.346. The highest BCUT2D eigenvalue weighted by Crippen LogP contribution is 2.16. The van der Waals surface area contributed by atoms with Crippen molar-refractivity contribution in [3.05, 3.63) is 48.0 Å². The summed E-state index contributed by atoms with van der Waals surface area (Å²) in [4.78, 5) is 12.2. The Labute approximate surface area is 108 Å². The van der Waals surface area contributed by atoms with E-state index in [2.05, 4.69) is 17.5 Å². The molecule has 1 aliphatic carbocycles. The number of amides is 1. The molecule has 2 unspecified atom stereocenters. The minimum Gasteiger partial charge on any atom is -0.352 e. The summed E-state index contributed by atoms with van der Waals surface area (Å²) in [7, 11) is 0. The lowest BCUT2D eigenvalue weighted by Crippen LogP contribution is -2.40. The van der Waals surface area contributed by atoms with Gasteiger partial charge in [-0.3, -0.25) is 4.79 Å². The first-order valence-corrected chi connectivity index (χ1v) is 6.51. The van der Waals surface area contributed by atoms with Crippen LogP contribution in [0.5, 0.6) is 0 Å². The number of hydrogen-bond donors (Lipinski definition) is 2. The SMILES string of the molecule is NCC(C(=O)NC1CC=CCC1)c1ccccc1. The predicted molar refractivity (Wildman–Crippen MR) is 73.2 cm³/mol. The van der Waals surface area contributed by atoms with Crippen molar-refractivity contribution in [1.29, 1.82) is 0 Å². The monoisotopic (exact) mass is 244 g/mol. The van der Waals surface area contributed by atoms with Gasteiger partial charge in [-0.15, -0.1) is 0 Å². The summed E-state index contributed by atoms with van der Waals surface area (Å²) < 4.78 is 0. The second kappa shape index (κ2) is 6.36. The molecule has 0 bridgehead atoms. The molecule has 0 fully saturated rings. The second-order valence-corrected chi connectivity index (χ2v) is 4.69. The van der Waals surface area contributed by atoms with Crippen LogP contribution in [0.4, 0.5) is 0 Å². The van der Waals surface area contributed by atoms with Crippen LogP contribution >= 0.6 is 0 Å². The number of nitrogens with one attached hydrogen (secondary N) is 1. The average Bonchev–Trinajstić information content (AvgIpc) is 2.42. The fourth-order valence-corrected chi connectivity index (χ4v) is 2.31. The molecular weight excluding hydrogens is 224 g/mol. The van der Waals surface area contributed by atoms with Crippen LogP contribution in [0.1, 0.15) is 30.7 Å². The maximum atomic E-state index is 12.2. The molecule has 96 valence electrons. The van der Waals surface area contributed by atoms with Gasteiger partial charge in [0, 0.05) is 12.6 Å². The van der Waals surface area contributed by atoms with Crippen molar-refractivity contribution in [2.45, 2.75) is 31.2 Å². The lowest BCUT2D eigenvalue weighted by Gasteiger charge is -2.23. The standard InChI is InChI=1S/C15H20N2O/c16-11-14(12-7-3-1-4-8-12)15(18)17-13-9-5-2-6-10-13/h1-5,7-8,13-14H,6,9-11,16H2,(H,17,18). The lowest BCUT2D eigenvalue weighted by molar-refractivity contribution is -0.123. The van der Waals surface area contributed by atoms with Gasteiger partial charge in [-0.25, -0.2) is 0 Å². The van der Waals surface area contributed by atoms with Gasteiger partial charge in [-0.2, -0.15) is 0 Å². The van der Waals surface area contributed by atoms with E-state index in [1.807, 2.05) is 30.3 Å². The van der Waals surface area contributed by atoms with Crippen molar-refractivity contribution in [2.24, 2.45) is 5.73 Å². The van der Waals surface area contributed by atoms with Crippen LogP contribution < -0.4 is 11.1 Å². The molecule has 0 saturated heterocycles. The zero-order valence-electron chi connectivity index (χ0n) is 10.5. The number of carbonyl (C=O) groups is 1. The summed E-state index contributed by atoms with van der Waals surface area (Å²) in [6.07, 6.45) is 7.30. The Morgan fingerprint density at radius 2 is 2.11 bits per heavy atom. The zero-order valence-corrected chi connectivity index (χ0v) is 10.5. The zero-order chi connectivity index (χ0) is 12.8. The first-order valence-electron chi connectivity index (χ1n) is 6.51. The summed E-state index contributed by atoms with van der Waals surface area (Å²) >= 11 is 0. The predicted octanol–water partition coefficient (Wildman–Crippen LogP) is 1.95. The largest absolute Gasteiger partial charge is 0.352 e. The summed E-state index contributed by atoms with van der Waals surface area (Å²) in [5.74, 6) is -0.193. The van der Waals surface area contributed by atoms with Crippen LogP contribution in [0.2, 0.25) is 0 Å². The number of hydrogen-bond acceptors (Lipinski definition) is 2. The Hall–Kier alpha value is -1.61. The number of allylic oxidation sites excluding steroid dienone is 1. The van der Waals surface area contributed by atoms with Gasteiger partial charge >= 0.3 is 0 Å². The van der Waals surface area contributed by atoms with Gasteiger partial charge in [0.2, 0.25) is 5.91 Å². The average molecular weight is 244 g/mol. The molecule has 1 amide bonds. The van der Waals surface area contributed by atoms with Gasteiger partial charge in [-0.05, 0) is 24.8 Å². The highest BCUT2D eigenvalue weighted by atomic mass is 16.1. The second-order valence-electron chi connectivity index (χ2n) is 4.69. The molecule has 0 aromatic heterocycles. The molecule has 18 heavy (non-hydrogen) atoms. The highest BCUT2D eigenvalue weighted by molar-refractivity contribution is 5.84. The van der Waals surface area contributed by atoms with E-state index in [1.54, 1.807) is 0 Å². The summed E-state index contributed by atoms with van der Waals surface area (Å²) in [5, 5.41) is 3.10. The molecule has 1 aromatic carbocycles. The normalized spacial score (nSPS) is 20.4. The number of carbonyl (C=O) groups excluding carboxylic acids is 1. The van der Waals surface area contributed by atoms with Gasteiger partial charge in [0.1, 0.15) is 0 Å². The van der Waals surface area contributed by atoms with Crippen molar-refractivity contribution in [1.82, 2.24) is 5.32 Å². The molecule has 0 saturated carbocycles. The molecule has 3 heteroatoms. The summed E-state index contributed by atoms with van der Waals surface area (Å²) in [6, 6.07) is 10.0. The minimum atomic E-state index is -0.239. The Morgan fingerprint density at radius 3 is 2.72 bits per heavy atom. The van der Waals surface area contributed by atoms with Crippen molar-refractivity contribution >= 4 is 5.91 Å². The molecule has 1 aliphatic rings. The Balaban J connectivity index is 1.99. The molecule has 0 heterocycles. The molecule has 0 radical (unpaired) electrons. The van der Waals surface area contributed by atoms with Crippen LogP contribution in [0.25, 0.3) is 0 Å². The number of nitrogens with two attached hydrogens (primary N) is 1. The maximum absolute atomic E-state index is 12.2. The first kappa shape index (κ1) is 12.8. The quantitative estimate of drug-likeness (QED) is 0.795. The van der Waals surface area contributed by atoms with E-state index in [4.69, 9.17) is 5.73 Å². The van der Waals surface area contributed by atoms with Crippen molar-refractivity contribution < 1.29 is 4.79 Å². The minimum absolute atomic E-state index is 0.0454. The van der Waals surface area contributed by atoms with E-state index in [-0.39, 0.29) is 17.9 Å². The van der Waals surface area contributed by atoms with E-state index in [9.17, 15) is 4.79 Å². The van der Waals surface area contributed by atoms with Gasteiger partial charge in [-0.1, -0.05) is 42.5 Å². The Kier molecular flexibility index (Phi) is 4.53. The molecule has 3 nitrogen and oxygen atoms in total. The maximum Gasteiger partial charge on any atom is 0.229 e. The molecule has 2 rings (SSSR count). The molecule has 0 spiro atoms. The first-order chi connectivity index (χ1) is 8.81. The summed E-state index contributed by atoms with van der Waals surface area (Å²) in [5.41, 5.74) is 6.73. The van der Waals surface area contributed by atoms with E-state index >= 15 is 0 Å². The van der Waals surface area contributed by atoms with Crippen LogP contribution in [-0.4, -0.2) is 18.5 Å². The molecule has 1 aromatic rings. The van der Waals surface area contributed by atoms with Crippen LogP contribution in [0, 0.1) is 0 Å². The Morgan fingerprint density at radius 1 is 1.33 bits per heavy atom. The third-order valence-corrected chi connectivity index (χ3v) is 3.37. The van der Waals surface area contributed by atoms with Crippen LogP contribution in [-0.2, 0) is 4.79 Å². The fourth-order valence-electron chi connectivity index (χ4n) is 2.31. The van der Waals surface area contributed by atoms with Crippen LogP contribution in [0.15, 0.2) is 42.5 Å². The van der Waals surface area contributed by atoms with Crippen LogP contribution in [0.3, 0.4) is 0 Å². The van der Waals surface area contributed by atoms with Gasteiger partial charge in [0.05, 0.1) is 5.92 Å². The molecule has 2 atom stereocenters. The van der Waals surface area contributed by atoms with Crippen molar-refractivity contribution in [2.75, 3.05) is 6.54 Å². The van der Waals surface area contributed by atoms with Crippen molar-refractivity contribution in [3.8, 4) is 0 Å². The third-order valence-electron chi connectivity index (χ3n) is 3.37. The molecule has 3 N–H and O–H groups in total. The molecule has 0 aliphatic heterocycles. The van der Waals surface area contributed by atoms with E-state index in [0.717, 1.165) is 24.8 Å². The number of rotatable bonds is 4. The van der Waals surface area contributed by atoms with E-state index < -0.39 is 0 Å². The highest BCUT2D eigenvalue weighted by Gasteiger charge is 2.21. The fraction of sp³-hybridized carbons (Fsp3) is 0.400. The van der Waals surface area contributed by atoms with Gasteiger partial charge < -0.3 is 11.1 Å². The van der Waals surface area contributed by atoms with Crippen molar-refractivity contribution in [3.63, 3.8) is 0 Å². The topological polar surface area (TPSA) is 55.1 Å².